The quantitative estimate of drug-likeness (QED) is 0.607. The molecule has 0 atom stereocenters. The van der Waals surface area contributed by atoms with Crippen LogP contribution in [0.3, 0.4) is 0 Å². The lowest BCUT2D eigenvalue weighted by Gasteiger charge is -2.36. The average Bonchev–Trinajstić information content (AvgIpc) is 2.90. The number of ether oxygens (including phenoxy) is 1. The monoisotopic (exact) mass is 479 g/mol. The van der Waals surface area contributed by atoms with Gasteiger partial charge in [0, 0.05) is 49.4 Å². The lowest BCUT2D eigenvalue weighted by molar-refractivity contribution is 0.0924. The van der Waals surface area contributed by atoms with Gasteiger partial charge in [-0.05, 0) is 56.0 Å². The van der Waals surface area contributed by atoms with Crippen LogP contribution < -0.4 is 21.3 Å². The second-order valence-electron chi connectivity index (χ2n) is 9.08. The third kappa shape index (κ3) is 6.10. The lowest BCUT2D eigenvalue weighted by atomic mass is 9.91. The summed E-state index contributed by atoms with van der Waals surface area (Å²) in [6, 6.07) is 14.6. The molecule has 2 aromatic carbocycles. The number of benzene rings is 2. The van der Waals surface area contributed by atoms with E-state index in [0.29, 0.717) is 43.0 Å². The zero-order valence-corrected chi connectivity index (χ0v) is 20.0. The number of nitrogens with zero attached hydrogens (tertiary/aromatic N) is 2. The predicted molar refractivity (Wildman–Crippen MR) is 135 cm³/mol. The fraction of sp³-hybridized carbons (Fsp3) is 0.423. The van der Waals surface area contributed by atoms with Gasteiger partial charge in [-0.15, -0.1) is 0 Å². The van der Waals surface area contributed by atoms with Crippen LogP contribution in [0, 0.1) is 0 Å². The molecule has 3 amide bonds. The minimum Gasteiger partial charge on any atom is -0.453 e. The Hall–Kier alpha value is -3.59. The highest BCUT2D eigenvalue weighted by atomic mass is 16.5. The van der Waals surface area contributed by atoms with Gasteiger partial charge in [-0.25, -0.2) is 4.79 Å². The minimum atomic E-state index is -0.349. The highest BCUT2D eigenvalue weighted by Gasteiger charge is 2.25. The van der Waals surface area contributed by atoms with Crippen molar-refractivity contribution in [1.29, 1.82) is 0 Å². The molecular weight excluding hydrogens is 446 g/mol. The van der Waals surface area contributed by atoms with Crippen LogP contribution in [-0.2, 0) is 4.74 Å². The van der Waals surface area contributed by atoms with Crippen molar-refractivity contribution in [2.24, 2.45) is 5.73 Å². The molecule has 0 bridgehead atoms. The Morgan fingerprint density at radius 1 is 0.886 bits per heavy atom. The molecule has 0 unspecified atom stereocenters. The van der Waals surface area contributed by atoms with Gasteiger partial charge < -0.3 is 30.9 Å². The Morgan fingerprint density at radius 3 is 2.23 bits per heavy atom. The largest absolute Gasteiger partial charge is 0.453 e. The molecule has 1 saturated carbocycles. The van der Waals surface area contributed by atoms with E-state index in [-0.39, 0.29) is 30.0 Å². The third-order valence-electron chi connectivity index (χ3n) is 6.70. The number of hydrogen-bond acceptors (Lipinski definition) is 6. The van der Waals surface area contributed by atoms with E-state index in [9.17, 15) is 14.4 Å². The van der Waals surface area contributed by atoms with E-state index in [2.05, 4.69) is 15.5 Å². The van der Waals surface area contributed by atoms with E-state index in [4.69, 9.17) is 10.5 Å². The fourth-order valence-electron chi connectivity index (χ4n) is 4.63. The first-order valence-corrected chi connectivity index (χ1v) is 12.1. The normalized spacial score (nSPS) is 20.2. The van der Waals surface area contributed by atoms with Gasteiger partial charge in [-0.2, -0.15) is 0 Å². The van der Waals surface area contributed by atoms with Crippen molar-refractivity contribution in [3.05, 3.63) is 59.7 Å². The first kappa shape index (κ1) is 24.5. The van der Waals surface area contributed by atoms with Crippen LogP contribution in [0.15, 0.2) is 48.5 Å². The van der Waals surface area contributed by atoms with Gasteiger partial charge in [-0.3, -0.25) is 9.59 Å². The van der Waals surface area contributed by atoms with Crippen molar-refractivity contribution in [3.63, 3.8) is 0 Å². The zero-order valence-electron chi connectivity index (χ0n) is 20.0. The van der Waals surface area contributed by atoms with E-state index in [1.54, 1.807) is 29.2 Å². The van der Waals surface area contributed by atoms with Crippen molar-refractivity contribution < 1.29 is 19.1 Å². The Balaban J connectivity index is 1.54. The lowest BCUT2D eigenvalue weighted by Crippen LogP contribution is -2.49. The number of carbonyl (C=O) groups is 3. The minimum absolute atomic E-state index is 0.107. The summed E-state index contributed by atoms with van der Waals surface area (Å²) in [5, 5.41) is 6.10. The number of nitrogens with one attached hydrogen (secondary N) is 2. The smallest absolute Gasteiger partial charge is 0.409 e. The van der Waals surface area contributed by atoms with Gasteiger partial charge in [0.1, 0.15) is 0 Å². The first-order valence-electron chi connectivity index (χ1n) is 12.1. The SMILES string of the molecule is COC(=O)N1CCN(c2ccc(C(=O)NC3CCC(N)CC3)cc2NC(=O)c2ccccc2)CC1. The van der Waals surface area contributed by atoms with E-state index >= 15 is 0 Å². The van der Waals surface area contributed by atoms with Crippen LogP contribution in [0.25, 0.3) is 0 Å². The second-order valence-corrected chi connectivity index (χ2v) is 9.08. The van der Waals surface area contributed by atoms with Crippen LogP contribution in [-0.4, -0.2) is 68.2 Å². The summed E-state index contributed by atoms with van der Waals surface area (Å²) < 4.78 is 4.83. The topological polar surface area (TPSA) is 117 Å². The van der Waals surface area contributed by atoms with Gasteiger partial charge >= 0.3 is 6.09 Å². The number of rotatable bonds is 5. The molecule has 0 aromatic heterocycles. The molecule has 1 saturated heterocycles. The summed E-state index contributed by atoms with van der Waals surface area (Å²) in [6.07, 6.45) is 3.19. The number of carbonyl (C=O) groups excluding carboxylic acids is 3. The predicted octanol–water partition coefficient (Wildman–Crippen LogP) is 2.83. The molecule has 1 aliphatic carbocycles. The third-order valence-corrected chi connectivity index (χ3v) is 6.70. The summed E-state index contributed by atoms with van der Waals surface area (Å²) in [5.41, 5.74) is 8.37. The number of piperazine rings is 1. The van der Waals surface area contributed by atoms with E-state index in [1.807, 2.05) is 24.3 Å². The maximum Gasteiger partial charge on any atom is 0.409 e. The zero-order chi connectivity index (χ0) is 24.8. The molecule has 1 heterocycles. The molecule has 1 aliphatic heterocycles. The van der Waals surface area contributed by atoms with Crippen LogP contribution in [0.4, 0.5) is 16.2 Å². The summed E-state index contributed by atoms with van der Waals surface area (Å²) in [4.78, 5) is 41.6. The molecular formula is C26H33N5O4. The standard InChI is InChI=1S/C26H33N5O4/c1-35-26(34)31-15-13-30(14-16-31)23-12-7-19(25(33)28-21-10-8-20(27)9-11-21)17-22(23)29-24(32)18-5-3-2-4-6-18/h2-7,12,17,20-21H,8-11,13-16,27H2,1H3,(H,28,33)(H,29,32). The van der Waals surface area contributed by atoms with E-state index < -0.39 is 0 Å². The van der Waals surface area contributed by atoms with Gasteiger partial charge in [0.2, 0.25) is 0 Å². The number of anilines is 2. The van der Waals surface area contributed by atoms with Gasteiger partial charge in [0.05, 0.1) is 18.5 Å². The molecule has 2 aliphatic rings. The number of nitrogens with two attached hydrogens (primary N) is 1. The maximum atomic E-state index is 13.0. The van der Waals surface area contributed by atoms with Crippen LogP contribution >= 0.6 is 0 Å². The summed E-state index contributed by atoms with van der Waals surface area (Å²) in [7, 11) is 1.37. The van der Waals surface area contributed by atoms with Crippen LogP contribution in [0.1, 0.15) is 46.4 Å². The van der Waals surface area contributed by atoms with E-state index in [0.717, 1.165) is 31.4 Å². The summed E-state index contributed by atoms with van der Waals surface area (Å²) in [5.74, 6) is -0.415. The maximum absolute atomic E-state index is 13.0. The first-order chi connectivity index (χ1) is 16.9. The molecule has 35 heavy (non-hydrogen) atoms. The molecule has 0 spiro atoms. The van der Waals surface area contributed by atoms with Crippen LogP contribution in [0.2, 0.25) is 0 Å². The molecule has 186 valence electrons. The summed E-state index contributed by atoms with van der Waals surface area (Å²) >= 11 is 0. The number of hydrogen-bond donors (Lipinski definition) is 3. The van der Waals surface area contributed by atoms with Crippen molar-refractivity contribution in [3.8, 4) is 0 Å². The van der Waals surface area contributed by atoms with Crippen molar-refractivity contribution in [2.75, 3.05) is 43.5 Å². The van der Waals surface area contributed by atoms with Gasteiger partial charge in [0.15, 0.2) is 0 Å². The molecule has 0 radical (unpaired) electrons. The Bertz CT molecular complexity index is 1040. The van der Waals surface area contributed by atoms with Crippen molar-refractivity contribution in [1.82, 2.24) is 10.2 Å². The molecule has 4 N–H and O–H groups in total. The highest BCUT2D eigenvalue weighted by molar-refractivity contribution is 6.07. The average molecular weight is 480 g/mol. The van der Waals surface area contributed by atoms with Crippen molar-refractivity contribution in [2.45, 2.75) is 37.8 Å². The Kier molecular flexibility index (Phi) is 7.87. The molecule has 9 heteroatoms. The fourth-order valence-corrected chi connectivity index (χ4v) is 4.63. The molecule has 4 rings (SSSR count). The second kappa shape index (κ2) is 11.2. The van der Waals surface area contributed by atoms with Crippen LogP contribution in [0.5, 0.6) is 0 Å². The molecule has 2 fully saturated rings. The highest BCUT2D eigenvalue weighted by Crippen LogP contribution is 2.29. The molecule has 9 nitrogen and oxygen atoms in total. The number of methoxy groups -OCH3 is 1. The number of amides is 3. The van der Waals surface area contributed by atoms with Gasteiger partial charge in [-0.1, -0.05) is 18.2 Å². The van der Waals surface area contributed by atoms with E-state index in [1.165, 1.54) is 7.11 Å². The summed E-state index contributed by atoms with van der Waals surface area (Å²) in [6.45, 7) is 2.17. The van der Waals surface area contributed by atoms with Crippen molar-refractivity contribution >= 4 is 29.3 Å². The Morgan fingerprint density at radius 2 is 1.57 bits per heavy atom. The van der Waals surface area contributed by atoms with Gasteiger partial charge in [0.25, 0.3) is 11.8 Å². The molecule has 2 aromatic rings. The Labute approximate surface area is 205 Å².